The van der Waals surface area contributed by atoms with Gasteiger partial charge in [0.05, 0.1) is 39.9 Å². The molecule has 0 saturated heterocycles. The first kappa shape index (κ1) is 77.9. The van der Waals surface area contributed by atoms with Crippen molar-refractivity contribution in [2.75, 3.05) is 40.9 Å². The van der Waals surface area contributed by atoms with Crippen molar-refractivity contribution in [2.45, 2.75) is 289 Å². The fraction of sp³-hybridized carbons (Fsp3) is 0.708. The Hall–Kier alpha value is -3.10. The summed E-state index contributed by atoms with van der Waals surface area (Å²) in [7, 11) is 1.61. The van der Waals surface area contributed by atoms with E-state index in [9.17, 15) is 19.4 Å². The molecule has 0 saturated carbocycles. The molecule has 9 heteroatoms. The quantitative estimate of drug-likeness (QED) is 0.0243. The highest BCUT2D eigenvalue weighted by Crippen LogP contribution is 2.43. The third-order valence-corrected chi connectivity index (χ3v) is 15.5. The van der Waals surface area contributed by atoms with Crippen LogP contribution in [0.25, 0.3) is 0 Å². The van der Waals surface area contributed by atoms with E-state index in [1.807, 2.05) is 21.1 Å². The third kappa shape index (κ3) is 64.3. The van der Waals surface area contributed by atoms with E-state index in [-0.39, 0.29) is 19.1 Å². The van der Waals surface area contributed by atoms with Crippen molar-refractivity contribution in [3.05, 3.63) is 122 Å². The maximum atomic E-state index is 13.0. The number of aliphatic hydroxyl groups is 1. The van der Waals surface area contributed by atoms with Crippen molar-refractivity contribution in [2.24, 2.45) is 0 Å². The first-order chi connectivity index (χ1) is 39.5. The van der Waals surface area contributed by atoms with E-state index in [0.717, 1.165) is 109 Å². The smallest absolute Gasteiger partial charge is 0.391 e. The molecule has 0 aliphatic carbocycles. The molecular formula is C72H128N2O6P+. The van der Waals surface area contributed by atoms with Crippen molar-refractivity contribution in [1.82, 2.24) is 5.32 Å². The zero-order chi connectivity index (χ0) is 59.1. The fourth-order valence-electron chi connectivity index (χ4n) is 9.31. The summed E-state index contributed by atoms with van der Waals surface area (Å²) in [4.78, 5) is 23.4. The van der Waals surface area contributed by atoms with Gasteiger partial charge in [0, 0.05) is 6.42 Å². The van der Waals surface area contributed by atoms with Crippen molar-refractivity contribution in [3.8, 4) is 0 Å². The van der Waals surface area contributed by atoms with Gasteiger partial charge in [-0.3, -0.25) is 13.8 Å². The monoisotopic (exact) mass is 1150 g/mol. The minimum Gasteiger partial charge on any atom is -0.391 e. The second kappa shape index (κ2) is 61.5. The summed E-state index contributed by atoms with van der Waals surface area (Å²) < 4.78 is 23.8. The number of phosphoric ester groups is 1. The standard InChI is InChI=1S/C72H127N2O6P/c1-6-8-10-12-14-16-18-20-22-24-26-27-28-29-30-31-32-33-34-35-36-37-38-39-40-41-42-43-44-45-46-47-48-50-52-54-56-58-60-62-64-66-72(76)73-70(69-80-81(77,78)79-68-67-74(3,4)5)71(75)65-63-61-59-57-55-53-51-49-25-23-21-19-17-15-13-11-9-7-2/h8,10,14,16,20,22,26-27,29-30,32-33,35-36,38-39,41-42,44-45,70-71,75H,6-7,9,11-13,15,17-19,21,23-25,28,31,34,37,40,43,46-69H2,1-5H3,(H-,73,76,77,78)/p+1/b10-8-,16-14-,22-20-,27-26-,30-29-,33-32-,36-35-,39-38-,42-41-,45-44-. The van der Waals surface area contributed by atoms with Crippen LogP contribution in [0.4, 0.5) is 0 Å². The van der Waals surface area contributed by atoms with Crippen LogP contribution in [0.5, 0.6) is 0 Å². The van der Waals surface area contributed by atoms with Crippen LogP contribution >= 0.6 is 7.82 Å². The largest absolute Gasteiger partial charge is 0.472 e. The molecule has 0 heterocycles. The Morgan fingerprint density at radius 1 is 0.432 bits per heavy atom. The molecule has 3 unspecified atom stereocenters. The molecule has 0 aromatic carbocycles. The number of nitrogens with zero attached hydrogens (tertiary/aromatic N) is 1. The molecule has 0 aromatic heterocycles. The van der Waals surface area contributed by atoms with Gasteiger partial charge in [-0.15, -0.1) is 0 Å². The molecule has 0 rings (SSSR count). The number of carbonyl (C=O) groups excluding carboxylic acids is 1. The number of quaternary nitrogens is 1. The van der Waals surface area contributed by atoms with Crippen molar-refractivity contribution >= 4 is 13.7 Å². The maximum absolute atomic E-state index is 13.0. The highest BCUT2D eigenvalue weighted by atomic mass is 31.2. The van der Waals surface area contributed by atoms with Crippen molar-refractivity contribution in [3.63, 3.8) is 0 Å². The van der Waals surface area contributed by atoms with Gasteiger partial charge in [0.25, 0.3) is 0 Å². The van der Waals surface area contributed by atoms with E-state index < -0.39 is 20.0 Å². The van der Waals surface area contributed by atoms with Crippen molar-refractivity contribution in [1.29, 1.82) is 0 Å². The molecule has 0 bridgehead atoms. The Morgan fingerprint density at radius 2 is 0.741 bits per heavy atom. The van der Waals surface area contributed by atoms with Gasteiger partial charge < -0.3 is 19.8 Å². The second-order valence-corrected chi connectivity index (χ2v) is 24.9. The average Bonchev–Trinajstić information content (AvgIpc) is 3.43. The molecule has 466 valence electrons. The van der Waals surface area contributed by atoms with Gasteiger partial charge in [0.1, 0.15) is 13.2 Å². The SMILES string of the molecule is CC/C=C\C/C=C\C/C=C\C/C=C\C/C=C\C/C=C\C/C=C\C/C=C\C/C=C\C/C=C\CCCCCCCCCCCCC(=O)NC(COP(=O)(O)OCC[N+](C)(C)C)C(O)CCCCCCCCCCCCCCCCCCCC. The van der Waals surface area contributed by atoms with Gasteiger partial charge >= 0.3 is 7.82 Å². The van der Waals surface area contributed by atoms with Crippen LogP contribution < -0.4 is 5.32 Å². The summed E-state index contributed by atoms with van der Waals surface area (Å²) in [6.07, 6.45) is 91.3. The van der Waals surface area contributed by atoms with E-state index in [4.69, 9.17) is 9.05 Å². The van der Waals surface area contributed by atoms with Crippen LogP contribution in [0.2, 0.25) is 0 Å². The zero-order valence-corrected chi connectivity index (χ0v) is 54.1. The highest BCUT2D eigenvalue weighted by Gasteiger charge is 2.28. The number of rotatable bonds is 60. The Bertz CT molecular complexity index is 1730. The molecule has 0 radical (unpaired) electrons. The molecular weight excluding hydrogens is 1020 g/mol. The van der Waals surface area contributed by atoms with Crippen LogP contribution in [0, 0.1) is 0 Å². The molecule has 3 atom stereocenters. The number of likely N-dealkylation sites (N-methyl/N-ethyl adjacent to an activating group) is 1. The number of hydrogen-bond acceptors (Lipinski definition) is 5. The molecule has 1 amide bonds. The number of allylic oxidation sites excluding steroid dienone is 20. The molecule has 3 N–H and O–H groups in total. The van der Waals surface area contributed by atoms with Gasteiger partial charge in [-0.05, 0) is 89.9 Å². The summed E-state index contributed by atoms with van der Waals surface area (Å²) in [5, 5.41) is 14.1. The summed E-state index contributed by atoms with van der Waals surface area (Å²) in [5.74, 6) is -0.151. The second-order valence-electron chi connectivity index (χ2n) is 23.5. The van der Waals surface area contributed by atoms with Gasteiger partial charge in [0.15, 0.2) is 0 Å². The number of unbranched alkanes of at least 4 members (excludes halogenated alkanes) is 27. The van der Waals surface area contributed by atoms with Crippen LogP contribution in [-0.4, -0.2) is 73.4 Å². The van der Waals surface area contributed by atoms with E-state index in [2.05, 4.69) is 141 Å². The number of hydrogen-bond donors (Lipinski definition) is 3. The third-order valence-electron chi connectivity index (χ3n) is 14.5. The van der Waals surface area contributed by atoms with E-state index >= 15 is 0 Å². The minimum atomic E-state index is -4.33. The van der Waals surface area contributed by atoms with E-state index in [0.29, 0.717) is 23.9 Å². The normalized spacial score (nSPS) is 14.5. The van der Waals surface area contributed by atoms with Gasteiger partial charge in [-0.25, -0.2) is 4.57 Å². The van der Waals surface area contributed by atoms with Crippen LogP contribution in [0.15, 0.2) is 122 Å². The zero-order valence-electron chi connectivity index (χ0n) is 53.2. The molecule has 81 heavy (non-hydrogen) atoms. The molecule has 8 nitrogen and oxygen atoms in total. The number of phosphoric acid groups is 1. The maximum Gasteiger partial charge on any atom is 0.472 e. The lowest BCUT2D eigenvalue weighted by Gasteiger charge is -2.26. The predicted octanol–water partition coefficient (Wildman–Crippen LogP) is 21.3. The number of carbonyl (C=O) groups is 1. The summed E-state index contributed by atoms with van der Waals surface area (Å²) >= 11 is 0. The molecule has 0 fully saturated rings. The Labute approximate surface area is 501 Å². The first-order valence-corrected chi connectivity index (χ1v) is 34.9. The summed E-state index contributed by atoms with van der Waals surface area (Å²) in [5.41, 5.74) is 0. The summed E-state index contributed by atoms with van der Waals surface area (Å²) in [6.45, 7) is 4.78. The Balaban J connectivity index is 4.07. The van der Waals surface area contributed by atoms with Crippen LogP contribution in [-0.2, 0) is 18.4 Å². The van der Waals surface area contributed by atoms with Crippen molar-refractivity contribution < 1.29 is 32.9 Å². The average molecular weight is 1150 g/mol. The van der Waals surface area contributed by atoms with Crippen LogP contribution in [0.3, 0.4) is 0 Å². The molecule has 0 aromatic rings. The Kier molecular flexibility index (Phi) is 59.1. The number of nitrogens with one attached hydrogen (secondary N) is 1. The lowest BCUT2D eigenvalue weighted by Crippen LogP contribution is -2.46. The predicted molar refractivity (Wildman–Crippen MR) is 355 cm³/mol. The summed E-state index contributed by atoms with van der Waals surface area (Å²) in [6, 6.07) is -0.771. The number of aliphatic hydroxyl groups excluding tert-OH is 1. The first-order valence-electron chi connectivity index (χ1n) is 33.4. The van der Waals surface area contributed by atoms with Crippen LogP contribution in [0.1, 0.15) is 277 Å². The minimum absolute atomic E-state index is 0.0694. The molecule has 0 spiro atoms. The lowest BCUT2D eigenvalue weighted by molar-refractivity contribution is -0.870. The van der Waals surface area contributed by atoms with Gasteiger partial charge in [-0.2, -0.15) is 0 Å². The Morgan fingerprint density at radius 3 is 1.09 bits per heavy atom. The topological polar surface area (TPSA) is 105 Å². The van der Waals surface area contributed by atoms with Gasteiger partial charge in [-0.1, -0.05) is 302 Å². The van der Waals surface area contributed by atoms with Gasteiger partial charge in [0.2, 0.25) is 5.91 Å². The fourth-order valence-corrected chi connectivity index (χ4v) is 10.0. The van der Waals surface area contributed by atoms with E-state index in [1.54, 1.807) is 0 Å². The molecule has 0 aliphatic rings. The lowest BCUT2D eigenvalue weighted by atomic mass is 10.0. The highest BCUT2D eigenvalue weighted by molar-refractivity contribution is 7.47. The van der Waals surface area contributed by atoms with E-state index in [1.165, 1.54) is 141 Å². The molecule has 0 aliphatic heterocycles. The number of amides is 1.